The van der Waals surface area contributed by atoms with Gasteiger partial charge in [0, 0.05) is 0 Å². The van der Waals surface area contributed by atoms with Crippen molar-refractivity contribution < 1.29 is 36.9 Å². The second kappa shape index (κ2) is 10.5. The third-order valence-electron chi connectivity index (χ3n) is 2.35. The van der Waals surface area contributed by atoms with Crippen molar-refractivity contribution in [2.75, 3.05) is 33.0 Å². The fourth-order valence-corrected chi connectivity index (χ4v) is 1.38. The predicted octanol–water partition coefficient (Wildman–Crippen LogP) is 0.0649. The monoisotopic (exact) mass is 347 g/mol. The Morgan fingerprint density at radius 2 is 1.46 bits per heavy atom. The van der Waals surface area contributed by atoms with Crippen molar-refractivity contribution in [1.82, 2.24) is 0 Å². The van der Waals surface area contributed by atoms with Gasteiger partial charge < -0.3 is 24.7 Å². The lowest BCUT2D eigenvalue weighted by Crippen LogP contribution is -2.61. The van der Waals surface area contributed by atoms with Crippen LogP contribution in [-0.2, 0) is 23.7 Å². The molecule has 6 nitrogen and oxygen atoms in total. The van der Waals surface area contributed by atoms with Crippen LogP contribution in [0.4, 0.5) is 13.2 Å². The van der Waals surface area contributed by atoms with E-state index in [1.165, 1.54) is 0 Å². The minimum atomic E-state index is -5.25. The van der Waals surface area contributed by atoms with Gasteiger partial charge in [-0.15, -0.1) is 19.3 Å². The number of ether oxygens (including phenoxy) is 4. The Balaban J connectivity index is 5.29. The molecular formula is C15H16F3NO5. The number of carbonyl (C=O) groups excluding carboxylic acids is 1. The van der Waals surface area contributed by atoms with Gasteiger partial charge in [0.25, 0.3) is 0 Å². The van der Waals surface area contributed by atoms with Crippen molar-refractivity contribution in [1.29, 1.82) is 0 Å². The lowest BCUT2D eigenvalue weighted by molar-refractivity contribution is -0.240. The van der Waals surface area contributed by atoms with Crippen molar-refractivity contribution >= 4 is 5.97 Å². The van der Waals surface area contributed by atoms with Crippen LogP contribution < -0.4 is 5.73 Å². The van der Waals surface area contributed by atoms with Crippen LogP contribution in [0.25, 0.3) is 0 Å². The molecule has 0 aromatic carbocycles. The van der Waals surface area contributed by atoms with Crippen LogP contribution in [0.15, 0.2) is 0 Å². The Hall–Kier alpha value is -2.22. The number of rotatable bonds is 10. The number of esters is 1. The highest BCUT2D eigenvalue weighted by atomic mass is 19.4. The molecule has 0 aromatic rings. The van der Waals surface area contributed by atoms with E-state index < -0.39 is 43.8 Å². The molecule has 0 spiro atoms. The zero-order valence-corrected chi connectivity index (χ0v) is 12.6. The van der Waals surface area contributed by atoms with Gasteiger partial charge in [0.05, 0.1) is 13.2 Å². The normalized spacial score (nSPS) is 12.5. The van der Waals surface area contributed by atoms with Crippen molar-refractivity contribution in [3.8, 4) is 37.0 Å². The highest BCUT2D eigenvalue weighted by molar-refractivity contribution is 5.75. The Morgan fingerprint density at radius 3 is 1.83 bits per heavy atom. The summed E-state index contributed by atoms with van der Waals surface area (Å²) in [6.45, 7) is -1.74. The minimum Gasteiger partial charge on any atom is -0.427 e. The summed E-state index contributed by atoms with van der Waals surface area (Å²) in [6, 6.07) is 0. The molecule has 24 heavy (non-hydrogen) atoms. The van der Waals surface area contributed by atoms with Crippen LogP contribution in [0.2, 0.25) is 0 Å². The number of carbonyl (C=O) groups is 1. The Labute approximate surface area is 137 Å². The predicted molar refractivity (Wildman–Crippen MR) is 76.9 cm³/mol. The fourth-order valence-electron chi connectivity index (χ4n) is 1.38. The molecule has 0 aliphatic rings. The third-order valence-corrected chi connectivity index (χ3v) is 2.35. The molecule has 9 heteroatoms. The van der Waals surface area contributed by atoms with Crippen molar-refractivity contribution in [3.05, 3.63) is 0 Å². The third kappa shape index (κ3) is 7.87. The summed E-state index contributed by atoms with van der Waals surface area (Å²) >= 11 is 0. The molecule has 0 rings (SSSR count). The van der Waals surface area contributed by atoms with Gasteiger partial charge >= 0.3 is 12.1 Å². The molecule has 0 fully saturated rings. The molecule has 0 aliphatic carbocycles. The second-order valence-electron chi connectivity index (χ2n) is 4.38. The largest absolute Gasteiger partial charge is 0.491 e. The maximum absolute atomic E-state index is 12.4. The molecule has 1 atom stereocenters. The van der Waals surface area contributed by atoms with E-state index >= 15 is 0 Å². The number of halogens is 3. The van der Waals surface area contributed by atoms with E-state index in [2.05, 4.69) is 16.6 Å². The molecule has 132 valence electrons. The molecule has 2 N–H and O–H groups in total. The summed E-state index contributed by atoms with van der Waals surface area (Å²) in [6.07, 6.45) is 7.85. The van der Waals surface area contributed by atoms with E-state index in [-0.39, 0.29) is 13.2 Å². The van der Waals surface area contributed by atoms with Crippen LogP contribution in [0.1, 0.15) is 0 Å². The average molecular weight is 347 g/mol. The van der Waals surface area contributed by atoms with E-state index in [9.17, 15) is 18.0 Å². The molecule has 0 saturated carbocycles. The molecule has 0 aromatic heterocycles. The molecule has 0 amide bonds. The summed E-state index contributed by atoms with van der Waals surface area (Å²) in [5.74, 6) is 3.80. The van der Waals surface area contributed by atoms with Crippen molar-refractivity contribution in [3.63, 3.8) is 0 Å². The van der Waals surface area contributed by atoms with Gasteiger partial charge in [-0.05, 0) is 0 Å². The molecule has 0 bridgehead atoms. The lowest BCUT2D eigenvalue weighted by atomic mass is 10.0. The molecule has 1 unspecified atom stereocenters. The first-order valence-electron chi connectivity index (χ1n) is 6.35. The average Bonchev–Trinajstić information content (AvgIpc) is 2.50. The second-order valence-corrected chi connectivity index (χ2v) is 4.38. The van der Waals surface area contributed by atoms with E-state index in [0.29, 0.717) is 0 Å². The summed E-state index contributed by atoms with van der Waals surface area (Å²) in [7, 11) is 0. The molecule has 0 radical (unpaired) electrons. The summed E-state index contributed by atoms with van der Waals surface area (Å²) < 4.78 is 56.4. The molecule has 0 saturated heterocycles. The van der Waals surface area contributed by atoms with Crippen LogP contribution >= 0.6 is 0 Å². The highest BCUT2D eigenvalue weighted by Crippen LogP contribution is 2.22. The van der Waals surface area contributed by atoms with Gasteiger partial charge in [-0.3, -0.25) is 0 Å². The number of hydrogen-bond donors (Lipinski definition) is 1. The van der Waals surface area contributed by atoms with E-state index in [4.69, 9.17) is 39.2 Å². The fraction of sp³-hybridized carbons (Fsp3) is 0.533. The van der Waals surface area contributed by atoms with Crippen molar-refractivity contribution in [2.45, 2.75) is 18.0 Å². The van der Waals surface area contributed by atoms with Crippen LogP contribution in [-0.4, -0.2) is 57.0 Å². The number of alkyl halides is 3. The first-order chi connectivity index (χ1) is 11.2. The van der Waals surface area contributed by atoms with Gasteiger partial charge in [-0.25, -0.2) is 4.79 Å². The lowest BCUT2D eigenvalue weighted by Gasteiger charge is -2.35. The first kappa shape index (κ1) is 21.8. The van der Waals surface area contributed by atoms with Gasteiger partial charge in [0.2, 0.25) is 6.29 Å². The van der Waals surface area contributed by atoms with E-state index in [1.54, 1.807) is 0 Å². The SMILES string of the molecule is C#CCOCC(N)(COCC#C)C(OCC#C)OC(=O)C(F)(F)F. The molecule has 0 heterocycles. The zero-order valence-electron chi connectivity index (χ0n) is 12.6. The minimum absolute atomic E-state index is 0.191. The van der Waals surface area contributed by atoms with Gasteiger partial charge in [0.15, 0.2) is 0 Å². The van der Waals surface area contributed by atoms with Gasteiger partial charge in [-0.1, -0.05) is 17.8 Å². The van der Waals surface area contributed by atoms with Crippen LogP contribution in [0.3, 0.4) is 0 Å². The Kier molecular flexibility index (Phi) is 9.56. The smallest absolute Gasteiger partial charge is 0.427 e. The zero-order chi connectivity index (χ0) is 18.6. The topological polar surface area (TPSA) is 80.0 Å². The van der Waals surface area contributed by atoms with Crippen LogP contribution in [0.5, 0.6) is 0 Å². The highest BCUT2D eigenvalue weighted by Gasteiger charge is 2.47. The summed E-state index contributed by atoms with van der Waals surface area (Å²) in [4.78, 5) is 11.1. The quantitative estimate of drug-likeness (QED) is 0.261. The van der Waals surface area contributed by atoms with Crippen LogP contribution in [0, 0.1) is 37.0 Å². The van der Waals surface area contributed by atoms with E-state index in [1.807, 2.05) is 5.92 Å². The summed E-state index contributed by atoms with van der Waals surface area (Å²) in [5.41, 5.74) is 4.10. The first-order valence-corrected chi connectivity index (χ1v) is 6.35. The maximum atomic E-state index is 12.4. The maximum Gasteiger partial charge on any atom is 0.491 e. The number of terminal acetylenes is 3. The van der Waals surface area contributed by atoms with E-state index in [0.717, 1.165) is 0 Å². The number of hydrogen-bond acceptors (Lipinski definition) is 6. The summed E-state index contributed by atoms with van der Waals surface area (Å²) in [5, 5.41) is 0. The Bertz CT molecular complexity index is 507. The Morgan fingerprint density at radius 1 is 1.00 bits per heavy atom. The molecule has 0 aliphatic heterocycles. The molecular weight excluding hydrogens is 331 g/mol. The van der Waals surface area contributed by atoms with Gasteiger partial charge in [0.1, 0.15) is 25.4 Å². The van der Waals surface area contributed by atoms with Crippen molar-refractivity contribution in [2.24, 2.45) is 5.73 Å². The standard InChI is InChI=1S/C15H16F3NO5/c1-4-7-21-10-14(19,11-22-8-5-2)13(23-9-6-3)24-12(20)15(16,17)18/h1-3,13H,7-11,19H2. The number of nitrogens with two attached hydrogens (primary N) is 1. The van der Waals surface area contributed by atoms with Gasteiger partial charge in [-0.2, -0.15) is 13.2 Å².